The van der Waals surface area contributed by atoms with Gasteiger partial charge in [0.05, 0.1) is 23.4 Å². The van der Waals surface area contributed by atoms with Gasteiger partial charge in [-0.25, -0.2) is 0 Å². The number of Topliss-reactive ketones (excluding diaryl/α,β-unsaturated/α-hetero) is 1. The van der Waals surface area contributed by atoms with Gasteiger partial charge in [-0.1, -0.05) is 42.1 Å². The summed E-state index contributed by atoms with van der Waals surface area (Å²) in [5, 5.41) is 7.17. The number of para-hydroxylation sites is 1. The van der Waals surface area contributed by atoms with Gasteiger partial charge in [-0.2, -0.15) is 13.2 Å². The molecule has 0 fully saturated rings. The van der Waals surface area contributed by atoms with Crippen molar-refractivity contribution in [1.29, 1.82) is 5.41 Å². The minimum absolute atomic E-state index is 0.0171. The van der Waals surface area contributed by atoms with Crippen molar-refractivity contribution < 1.29 is 22.8 Å². The molecule has 0 saturated heterocycles. The van der Waals surface area contributed by atoms with Crippen LogP contribution in [-0.4, -0.2) is 16.9 Å². The van der Waals surface area contributed by atoms with Gasteiger partial charge in [-0.05, 0) is 23.3 Å². The van der Waals surface area contributed by atoms with Gasteiger partial charge in [-0.3, -0.25) is 19.9 Å². The van der Waals surface area contributed by atoms with E-state index >= 15 is 0 Å². The van der Waals surface area contributed by atoms with E-state index in [1.165, 1.54) is 6.07 Å². The first-order valence-corrected chi connectivity index (χ1v) is 8.78. The molecule has 1 heterocycles. The number of hydrogen-bond donors (Lipinski definition) is 2. The van der Waals surface area contributed by atoms with Gasteiger partial charge in [0.2, 0.25) is 0 Å². The summed E-state index contributed by atoms with van der Waals surface area (Å²) >= 11 is 1.15. The zero-order chi connectivity index (χ0) is 19.8. The number of carbonyl (C=O) groups excluding carboxylic acids is 2. The first kappa shape index (κ1) is 19.0. The number of amides is 1. The molecule has 27 heavy (non-hydrogen) atoms. The number of benzene rings is 2. The van der Waals surface area contributed by atoms with Gasteiger partial charge in [0.1, 0.15) is 0 Å². The van der Waals surface area contributed by atoms with Gasteiger partial charge in [0.25, 0.3) is 11.7 Å². The van der Waals surface area contributed by atoms with Crippen LogP contribution in [0.1, 0.15) is 27.0 Å². The maximum Gasteiger partial charge on any atom is 0.418 e. The quantitative estimate of drug-likeness (QED) is 0.472. The molecule has 0 radical (unpaired) electrons. The fourth-order valence-electron chi connectivity index (χ4n) is 2.82. The molecule has 0 saturated carbocycles. The number of carbonyl (C=O) groups is 2. The van der Waals surface area contributed by atoms with E-state index in [0.29, 0.717) is 11.3 Å². The predicted molar refractivity (Wildman–Crippen MR) is 96.6 cm³/mol. The van der Waals surface area contributed by atoms with Crippen molar-refractivity contribution >= 4 is 34.3 Å². The van der Waals surface area contributed by atoms with Crippen LogP contribution < -0.4 is 10.6 Å². The van der Waals surface area contributed by atoms with Crippen LogP contribution in [0.2, 0.25) is 0 Å². The third kappa shape index (κ3) is 3.82. The Morgan fingerprint density at radius 1 is 1.07 bits per heavy atom. The lowest BCUT2D eigenvalue weighted by Gasteiger charge is -2.21. The van der Waals surface area contributed by atoms with Gasteiger partial charge in [-0.15, -0.1) is 0 Å². The number of nitrogens with two attached hydrogens (primary N) is 1. The minimum Gasteiger partial charge on any atom is -0.379 e. The number of nitrogens with zero attached hydrogens (tertiary/aromatic N) is 1. The largest absolute Gasteiger partial charge is 0.418 e. The molecule has 5 nitrogen and oxygen atoms in total. The molecular formula is C18H14F3N3O2S. The highest BCUT2D eigenvalue weighted by Gasteiger charge is 2.44. The number of nitrogens with one attached hydrogen (secondary N) is 1. The van der Waals surface area contributed by atoms with Crippen LogP contribution in [-0.2, 0) is 23.3 Å². The van der Waals surface area contributed by atoms with E-state index in [9.17, 15) is 22.8 Å². The summed E-state index contributed by atoms with van der Waals surface area (Å²) in [6, 6.07) is 10.0. The van der Waals surface area contributed by atoms with E-state index in [-0.39, 0.29) is 17.3 Å². The van der Waals surface area contributed by atoms with E-state index in [0.717, 1.165) is 34.4 Å². The molecule has 1 aliphatic rings. The molecule has 140 valence electrons. The maximum atomic E-state index is 13.3. The second-order valence-electron chi connectivity index (χ2n) is 5.89. The summed E-state index contributed by atoms with van der Waals surface area (Å²) in [5.41, 5.74) is 5.11. The van der Waals surface area contributed by atoms with Crippen molar-refractivity contribution in [2.24, 2.45) is 5.73 Å². The number of anilines is 1. The molecule has 2 aromatic carbocycles. The number of halogens is 3. The van der Waals surface area contributed by atoms with E-state index < -0.39 is 29.1 Å². The van der Waals surface area contributed by atoms with E-state index in [1.807, 2.05) is 0 Å². The van der Waals surface area contributed by atoms with Crippen molar-refractivity contribution in [1.82, 2.24) is 0 Å². The normalized spacial score (nSPS) is 13.8. The standard InChI is InChI=1S/C18H14F3N3O2S/c19-18(20,21)13-3-1-2-12-14(13)24(16(26)15(12)25)8-10-4-6-11(7-5-10)9-27-17(22)23/h1-7H,8-9H2,(H3,22,23). The SMILES string of the molecule is N=C(N)SCc1ccc(CN2C(=O)C(=O)c3cccc(C(F)(F)F)c32)cc1. The average molecular weight is 393 g/mol. The zero-order valence-corrected chi connectivity index (χ0v) is 14.7. The number of ketones is 1. The maximum absolute atomic E-state index is 13.3. The fraction of sp³-hybridized carbons (Fsp3) is 0.167. The Balaban J connectivity index is 1.90. The number of rotatable bonds is 4. The Bertz CT molecular complexity index is 926. The molecule has 0 aromatic heterocycles. The molecule has 3 N–H and O–H groups in total. The first-order valence-electron chi connectivity index (χ1n) is 7.79. The van der Waals surface area contributed by atoms with Crippen LogP contribution in [0.4, 0.5) is 18.9 Å². The fourth-order valence-corrected chi connectivity index (χ4v) is 3.34. The highest BCUT2D eigenvalue weighted by molar-refractivity contribution is 8.13. The number of hydrogen-bond acceptors (Lipinski definition) is 4. The summed E-state index contributed by atoms with van der Waals surface area (Å²) in [7, 11) is 0. The van der Waals surface area contributed by atoms with E-state index in [2.05, 4.69) is 0 Å². The average Bonchev–Trinajstić information content (AvgIpc) is 2.85. The molecule has 2 aromatic rings. The second kappa shape index (κ2) is 7.07. The Labute approximate surface area is 156 Å². The minimum atomic E-state index is -4.68. The van der Waals surface area contributed by atoms with E-state index in [1.54, 1.807) is 24.3 Å². The molecule has 0 spiro atoms. The molecule has 3 rings (SSSR count). The summed E-state index contributed by atoms with van der Waals surface area (Å²) in [4.78, 5) is 25.2. The van der Waals surface area contributed by atoms with Gasteiger partial charge in [0.15, 0.2) is 5.17 Å². The van der Waals surface area contributed by atoms with Crippen LogP contribution in [0.25, 0.3) is 0 Å². The van der Waals surface area contributed by atoms with Crippen molar-refractivity contribution in [2.45, 2.75) is 18.5 Å². The topological polar surface area (TPSA) is 87.2 Å². The van der Waals surface area contributed by atoms with Crippen LogP contribution in [0.5, 0.6) is 0 Å². The Hall–Kier alpha value is -2.81. The van der Waals surface area contributed by atoms with Crippen LogP contribution in [0.3, 0.4) is 0 Å². The van der Waals surface area contributed by atoms with Crippen molar-refractivity contribution in [3.05, 3.63) is 64.7 Å². The lowest BCUT2D eigenvalue weighted by atomic mass is 10.1. The number of thioether (sulfide) groups is 1. The Morgan fingerprint density at radius 2 is 1.70 bits per heavy atom. The predicted octanol–water partition coefficient (Wildman–Crippen LogP) is 3.56. The molecule has 0 atom stereocenters. The molecule has 0 aliphatic carbocycles. The lowest BCUT2D eigenvalue weighted by Crippen LogP contribution is -2.30. The molecule has 0 bridgehead atoms. The van der Waals surface area contributed by atoms with Crippen molar-refractivity contribution in [3.63, 3.8) is 0 Å². The second-order valence-corrected chi connectivity index (χ2v) is 6.91. The number of alkyl halides is 3. The molecule has 9 heteroatoms. The van der Waals surface area contributed by atoms with Crippen LogP contribution in [0.15, 0.2) is 42.5 Å². The third-order valence-corrected chi connectivity index (χ3v) is 4.84. The molecule has 0 unspecified atom stereocenters. The summed E-state index contributed by atoms with van der Waals surface area (Å²) in [6.07, 6.45) is -4.68. The Kier molecular flexibility index (Phi) is 4.97. The first-order chi connectivity index (χ1) is 12.7. The Morgan fingerprint density at radius 3 is 2.30 bits per heavy atom. The number of fused-ring (bicyclic) bond motifs is 1. The molecular weight excluding hydrogens is 379 g/mol. The van der Waals surface area contributed by atoms with Gasteiger partial charge >= 0.3 is 6.18 Å². The summed E-state index contributed by atoms with van der Waals surface area (Å²) < 4.78 is 40.0. The van der Waals surface area contributed by atoms with Crippen molar-refractivity contribution in [3.8, 4) is 0 Å². The van der Waals surface area contributed by atoms with Gasteiger partial charge in [0, 0.05) is 5.75 Å². The summed E-state index contributed by atoms with van der Waals surface area (Å²) in [6.45, 7) is -0.148. The zero-order valence-electron chi connectivity index (χ0n) is 13.8. The van der Waals surface area contributed by atoms with E-state index in [4.69, 9.17) is 11.1 Å². The van der Waals surface area contributed by atoms with Crippen LogP contribution >= 0.6 is 11.8 Å². The van der Waals surface area contributed by atoms with Gasteiger partial charge < -0.3 is 5.73 Å². The highest BCUT2D eigenvalue weighted by Crippen LogP contribution is 2.42. The smallest absolute Gasteiger partial charge is 0.379 e. The molecule has 1 aliphatic heterocycles. The summed E-state index contributed by atoms with van der Waals surface area (Å²) in [5.74, 6) is -1.43. The lowest BCUT2D eigenvalue weighted by molar-refractivity contribution is -0.137. The number of amidine groups is 1. The van der Waals surface area contributed by atoms with Crippen LogP contribution in [0, 0.1) is 5.41 Å². The van der Waals surface area contributed by atoms with Crippen molar-refractivity contribution in [2.75, 3.05) is 4.90 Å². The highest BCUT2D eigenvalue weighted by atomic mass is 32.2. The molecule has 1 amide bonds. The third-order valence-electron chi connectivity index (χ3n) is 4.05. The monoisotopic (exact) mass is 393 g/mol.